The molecule has 122 valence electrons. The third kappa shape index (κ3) is 3.73. The van der Waals surface area contributed by atoms with Crippen LogP contribution >= 0.6 is 11.8 Å². The van der Waals surface area contributed by atoms with E-state index in [1.54, 1.807) is 0 Å². The molecule has 3 rings (SSSR count). The summed E-state index contributed by atoms with van der Waals surface area (Å²) in [7, 11) is 0. The lowest BCUT2D eigenvalue weighted by Gasteiger charge is -2.40. The van der Waals surface area contributed by atoms with Gasteiger partial charge in [0.25, 0.3) is 0 Å². The highest BCUT2D eigenvalue weighted by Crippen LogP contribution is 2.38. The van der Waals surface area contributed by atoms with Gasteiger partial charge < -0.3 is 10.2 Å². The first kappa shape index (κ1) is 16.4. The summed E-state index contributed by atoms with van der Waals surface area (Å²) in [5, 5.41) is 3.57. The molecule has 0 amide bonds. The zero-order valence-corrected chi connectivity index (χ0v) is 15.3. The van der Waals surface area contributed by atoms with Gasteiger partial charge in [0.1, 0.15) is 0 Å². The Morgan fingerprint density at radius 2 is 1.83 bits per heavy atom. The summed E-state index contributed by atoms with van der Waals surface area (Å²) < 4.78 is 0. The average Bonchev–Trinajstić information content (AvgIpc) is 2.53. The standard InChI is InChI=1S/C20H26N2S/c1-14-9-10-19(15(2)11-14)23-20-8-6-5-7-18(20)22-13-16(3)21-12-17(22)4/h5-11,16-17,21H,12-13H2,1-4H3/t16-,17+/m1/s1. The van der Waals surface area contributed by atoms with Crippen LogP contribution in [0.3, 0.4) is 0 Å². The number of nitrogens with zero attached hydrogens (tertiary/aromatic N) is 1. The molecule has 1 saturated heterocycles. The van der Waals surface area contributed by atoms with Crippen molar-refractivity contribution in [1.29, 1.82) is 0 Å². The Kier molecular flexibility index (Phi) is 4.98. The van der Waals surface area contributed by atoms with Crippen LogP contribution in [-0.4, -0.2) is 25.2 Å². The Hall–Kier alpha value is -1.45. The highest BCUT2D eigenvalue weighted by atomic mass is 32.2. The summed E-state index contributed by atoms with van der Waals surface area (Å²) in [6.07, 6.45) is 0. The number of para-hydroxylation sites is 1. The number of piperazine rings is 1. The Morgan fingerprint density at radius 3 is 2.61 bits per heavy atom. The van der Waals surface area contributed by atoms with Gasteiger partial charge in [-0.2, -0.15) is 0 Å². The Morgan fingerprint density at radius 1 is 1.04 bits per heavy atom. The van der Waals surface area contributed by atoms with E-state index in [2.05, 4.69) is 80.4 Å². The Bertz CT molecular complexity index is 683. The number of rotatable bonds is 3. The van der Waals surface area contributed by atoms with Crippen LogP contribution in [0.4, 0.5) is 5.69 Å². The summed E-state index contributed by atoms with van der Waals surface area (Å²) in [5.74, 6) is 0. The maximum absolute atomic E-state index is 3.57. The molecule has 0 spiro atoms. The summed E-state index contributed by atoms with van der Waals surface area (Å²) in [6, 6.07) is 16.6. The molecule has 2 aromatic rings. The highest BCUT2D eigenvalue weighted by molar-refractivity contribution is 7.99. The van der Waals surface area contributed by atoms with Crippen LogP contribution in [0.5, 0.6) is 0 Å². The van der Waals surface area contributed by atoms with Gasteiger partial charge in [-0.25, -0.2) is 0 Å². The van der Waals surface area contributed by atoms with Gasteiger partial charge in [-0.05, 0) is 51.5 Å². The summed E-state index contributed by atoms with van der Waals surface area (Å²) in [4.78, 5) is 5.24. The molecule has 3 heteroatoms. The number of aryl methyl sites for hydroxylation is 2. The van der Waals surface area contributed by atoms with E-state index < -0.39 is 0 Å². The van der Waals surface area contributed by atoms with Gasteiger partial charge in [-0.3, -0.25) is 0 Å². The largest absolute Gasteiger partial charge is 0.365 e. The molecule has 0 aliphatic carbocycles. The molecule has 0 unspecified atom stereocenters. The summed E-state index contributed by atoms with van der Waals surface area (Å²) in [6.45, 7) is 11.0. The molecule has 2 nitrogen and oxygen atoms in total. The van der Waals surface area contributed by atoms with Crippen LogP contribution in [0, 0.1) is 13.8 Å². The lowest BCUT2D eigenvalue weighted by atomic mass is 10.1. The first-order valence-electron chi connectivity index (χ1n) is 8.39. The fraction of sp³-hybridized carbons (Fsp3) is 0.400. The van der Waals surface area contributed by atoms with E-state index in [0.29, 0.717) is 12.1 Å². The van der Waals surface area contributed by atoms with Crippen molar-refractivity contribution in [2.45, 2.75) is 49.6 Å². The molecular formula is C20H26N2S. The van der Waals surface area contributed by atoms with Crippen molar-refractivity contribution in [2.24, 2.45) is 0 Å². The van der Waals surface area contributed by atoms with E-state index in [0.717, 1.165) is 13.1 Å². The van der Waals surface area contributed by atoms with Crippen molar-refractivity contribution in [1.82, 2.24) is 5.32 Å². The lowest BCUT2D eigenvalue weighted by Crippen LogP contribution is -2.54. The van der Waals surface area contributed by atoms with Crippen LogP contribution in [0.2, 0.25) is 0 Å². The zero-order chi connectivity index (χ0) is 16.4. The quantitative estimate of drug-likeness (QED) is 0.884. The molecule has 1 aliphatic heterocycles. The number of benzene rings is 2. The second-order valence-electron chi connectivity index (χ2n) is 6.65. The molecule has 1 aliphatic rings. The maximum Gasteiger partial charge on any atom is 0.0511 e. The molecule has 0 aromatic heterocycles. The van der Waals surface area contributed by atoms with E-state index in [4.69, 9.17) is 0 Å². The molecule has 0 radical (unpaired) electrons. The monoisotopic (exact) mass is 326 g/mol. The number of nitrogens with one attached hydrogen (secondary N) is 1. The minimum Gasteiger partial charge on any atom is -0.365 e. The van der Waals surface area contributed by atoms with E-state index in [9.17, 15) is 0 Å². The van der Waals surface area contributed by atoms with Gasteiger partial charge in [0, 0.05) is 35.0 Å². The minimum absolute atomic E-state index is 0.520. The zero-order valence-electron chi connectivity index (χ0n) is 14.5. The topological polar surface area (TPSA) is 15.3 Å². The van der Waals surface area contributed by atoms with Crippen molar-refractivity contribution in [3.63, 3.8) is 0 Å². The SMILES string of the molecule is Cc1ccc(Sc2ccccc2N2C[C@@H](C)NC[C@@H]2C)c(C)c1. The van der Waals surface area contributed by atoms with Gasteiger partial charge in [0.15, 0.2) is 0 Å². The average molecular weight is 327 g/mol. The van der Waals surface area contributed by atoms with Crippen LogP contribution in [0.25, 0.3) is 0 Å². The maximum atomic E-state index is 3.57. The normalized spacial score (nSPS) is 21.5. The number of hydrogen-bond acceptors (Lipinski definition) is 3. The van der Waals surface area contributed by atoms with Crippen molar-refractivity contribution in [3.05, 3.63) is 53.6 Å². The summed E-state index contributed by atoms with van der Waals surface area (Å²) >= 11 is 1.88. The molecule has 23 heavy (non-hydrogen) atoms. The van der Waals surface area contributed by atoms with Gasteiger partial charge in [0.2, 0.25) is 0 Å². The van der Waals surface area contributed by atoms with E-state index in [1.807, 2.05) is 11.8 Å². The summed E-state index contributed by atoms with van der Waals surface area (Å²) in [5.41, 5.74) is 4.04. The molecule has 2 aromatic carbocycles. The predicted molar refractivity (Wildman–Crippen MR) is 101 cm³/mol. The van der Waals surface area contributed by atoms with Crippen LogP contribution < -0.4 is 10.2 Å². The Labute approximate surface area is 144 Å². The third-order valence-corrected chi connectivity index (χ3v) is 5.73. The highest BCUT2D eigenvalue weighted by Gasteiger charge is 2.24. The molecule has 0 saturated carbocycles. The van der Waals surface area contributed by atoms with Crippen molar-refractivity contribution >= 4 is 17.4 Å². The van der Waals surface area contributed by atoms with Gasteiger partial charge in [0.05, 0.1) is 5.69 Å². The number of hydrogen-bond donors (Lipinski definition) is 1. The van der Waals surface area contributed by atoms with Crippen LogP contribution in [-0.2, 0) is 0 Å². The van der Waals surface area contributed by atoms with Crippen LogP contribution in [0.15, 0.2) is 52.3 Å². The van der Waals surface area contributed by atoms with Gasteiger partial charge in [-0.1, -0.05) is 41.6 Å². The Balaban J connectivity index is 1.91. The minimum atomic E-state index is 0.520. The van der Waals surface area contributed by atoms with Crippen molar-refractivity contribution in [2.75, 3.05) is 18.0 Å². The predicted octanol–water partition coefficient (Wildman–Crippen LogP) is 4.64. The number of anilines is 1. The first-order valence-corrected chi connectivity index (χ1v) is 9.20. The van der Waals surface area contributed by atoms with E-state index in [-0.39, 0.29) is 0 Å². The van der Waals surface area contributed by atoms with E-state index in [1.165, 1.54) is 26.6 Å². The molecular weight excluding hydrogens is 300 g/mol. The lowest BCUT2D eigenvalue weighted by molar-refractivity contribution is 0.423. The molecule has 1 heterocycles. The second kappa shape index (κ2) is 6.98. The second-order valence-corrected chi connectivity index (χ2v) is 7.73. The fourth-order valence-electron chi connectivity index (χ4n) is 3.17. The smallest absolute Gasteiger partial charge is 0.0511 e. The van der Waals surface area contributed by atoms with Crippen molar-refractivity contribution in [3.8, 4) is 0 Å². The molecule has 0 bridgehead atoms. The first-order chi connectivity index (χ1) is 11.0. The molecule has 1 fully saturated rings. The van der Waals surface area contributed by atoms with E-state index >= 15 is 0 Å². The van der Waals surface area contributed by atoms with Crippen molar-refractivity contribution < 1.29 is 0 Å². The molecule has 2 atom stereocenters. The molecule has 1 N–H and O–H groups in total. The third-order valence-electron chi connectivity index (χ3n) is 4.49. The fourth-order valence-corrected chi connectivity index (χ4v) is 4.20. The van der Waals surface area contributed by atoms with Crippen LogP contribution in [0.1, 0.15) is 25.0 Å². The van der Waals surface area contributed by atoms with Gasteiger partial charge >= 0.3 is 0 Å². The van der Waals surface area contributed by atoms with Gasteiger partial charge in [-0.15, -0.1) is 0 Å².